The molecule has 1 fully saturated rings. The highest BCUT2D eigenvalue weighted by Crippen LogP contribution is 2.12. The third kappa shape index (κ3) is 9.97. The molecule has 1 aliphatic heterocycles. The van der Waals surface area contributed by atoms with Gasteiger partial charge < -0.3 is 9.74 Å². The van der Waals surface area contributed by atoms with E-state index in [1.165, 1.54) is 4.90 Å². The van der Waals surface area contributed by atoms with E-state index in [0.717, 1.165) is 0 Å². The van der Waals surface area contributed by atoms with Crippen molar-refractivity contribution in [1.82, 2.24) is 9.96 Å². The third-order valence-corrected chi connectivity index (χ3v) is 2.56. The Morgan fingerprint density at radius 3 is 1.71 bits per heavy atom. The number of carbonyl (C=O) groups excluding carboxylic acids is 4. The molecule has 1 rings (SSSR count). The number of rotatable bonds is 5. The van der Waals surface area contributed by atoms with Crippen LogP contribution in [0.15, 0.2) is 0 Å². The quantitative estimate of drug-likeness (QED) is 0.705. The standard InChI is InChI=1S/C11H16N2O5.6CH4/c1-3-8(14)12(4-2)7-11(17)18-13-9(15)5-6-10(13)16;;;;;;/h3-7H2,1-2H3;6*1H4. The van der Waals surface area contributed by atoms with E-state index in [2.05, 4.69) is 4.84 Å². The van der Waals surface area contributed by atoms with Crippen LogP contribution in [0.1, 0.15) is 77.7 Å². The molecule has 1 heterocycles. The Kier molecular flexibility index (Phi) is 27.6. The van der Waals surface area contributed by atoms with Crippen molar-refractivity contribution in [2.24, 2.45) is 0 Å². The predicted molar refractivity (Wildman–Crippen MR) is 100 cm³/mol. The summed E-state index contributed by atoms with van der Waals surface area (Å²) in [6.07, 6.45) is 0.387. The van der Waals surface area contributed by atoms with Gasteiger partial charge in [0.2, 0.25) is 5.91 Å². The van der Waals surface area contributed by atoms with E-state index in [0.29, 0.717) is 11.6 Å². The number of likely N-dealkylation sites (N-methyl/N-ethyl adjacent to an activating group) is 1. The van der Waals surface area contributed by atoms with E-state index in [-0.39, 0.29) is 76.3 Å². The molecule has 0 aromatic rings. The first-order chi connectivity index (χ1) is 8.49. The molecule has 148 valence electrons. The average molecular weight is 353 g/mol. The fraction of sp³-hybridized carbons (Fsp3) is 0.765. The van der Waals surface area contributed by atoms with Crippen molar-refractivity contribution >= 4 is 23.7 Å². The van der Waals surface area contributed by atoms with Crippen molar-refractivity contribution < 1.29 is 24.0 Å². The summed E-state index contributed by atoms with van der Waals surface area (Å²) in [6.45, 7) is 3.51. The molecule has 0 spiro atoms. The molecular weight excluding hydrogens is 312 g/mol. The molecule has 7 heteroatoms. The molecule has 0 unspecified atom stereocenters. The van der Waals surface area contributed by atoms with Crippen LogP contribution in [0.25, 0.3) is 0 Å². The highest BCUT2D eigenvalue weighted by Gasteiger charge is 2.33. The first kappa shape index (κ1) is 37.9. The van der Waals surface area contributed by atoms with Crippen LogP contribution in [0, 0.1) is 0 Å². The molecule has 1 saturated heterocycles. The molecule has 1 aliphatic rings. The van der Waals surface area contributed by atoms with Crippen LogP contribution < -0.4 is 0 Å². The summed E-state index contributed by atoms with van der Waals surface area (Å²) < 4.78 is 0. The lowest BCUT2D eigenvalue weighted by molar-refractivity contribution is -0.198. The second kappa shape index (κ2) is 17.4. The highest BCUT2D eigenvalue weighted by molar-refractivity contribution is 6.01. The van der Waals surface area contributed by atoms with Crippen LogP contribution in [0.5, 0.6) is 0 Å². The summed E-state index contributed by atoms with van der Waals surface area (Å²) >= 11 is 0. The van der Waals surface area contributed by atoms with E-state index >= 15 is 0 Å². The largest absolute Gasteiger partial charge is 0.352 e. The number of hydrogen-bond donors (Lipinski definition) is 0. The Hall–Kier alpha value is -1.92. The zero-order valence-electron chi connectivity index (χ0n) is 10.5. The summed E-state index contributed by atoms with van der Waals surface area (Å²) in [5.74, 6) is -2.03. The number of imide groups is 1. The lowest BCUT2D eigenvalue weighted by Gasteiger charge is -2.20. The van der Waals surface area contributed by atoms with Gasteiger partial charge in [-0.2, -0.15) is 0 Å². The second-order valence-corrected chi connectivity index (χ2v) is 3.81. The fourth-order valence-electron chi connectivity index (χ4n) is 1.54. The number of amides is 3. The van der Waals surface area contributed by atoms with Crippen molar-refractivity contribution in [3.05, 3.63) is 0 Å². The fourth-order valence-corrected chi connectivity index (χ4v) is 1.54. The van der Waals surface area contributed by atoms with Gasteiger partial charge in [0.15, 0.2) is 0 Å². The van der Waals surface area contributed by atoms with Gasteiger partial charge in [0, 0.05) is 25.8 Å². The topological polar surface area (TPSA) is 84.0 Å². The third-order valence-electron chi connectivity index (χ3n) is 2.56. The summed E-state index contributed by atoms with van der Waals surface area (Å²) in [5, 5.41) is 0.479. The minimum Gasteiger partial charge on any atom is -0.332 e. The monoisotopic (exact) mass is 352 g/mol. The smallest absolute Gasteiger partial charge is 0.332 e. The lowest BCUT2D eigenvalue weighted by Crippen LogP contribution is -2.40. The van der Waals surface area contributed by atoms with Crippen LogP contribution >= 0.6 is 0 Å². The van der Waals surface area contributed by atoms with Crippen molar-refractivity contribution in [2.45, 2.75) is 77.7 Å². The highest BCUT2D eigenvalue weighted by atomic mass is 16.7. The SMILES string of the molecule is C.C.C.C.C.C.CCC(=O)N(CC)CC(=O)ON1C(=O)CCC1=O. The van der Waals surface area contributed by atoms with E-state index in [4.69, 9.17) is 0 Å². The zero-order chi connectivity index (χ0) is 13.7. The summed E-state index contributed by atoms with van der Waals surface area (Å²) in [6, 6.07) is 0. The van der Waals surface area contributed by atoms with E-state index in [1.807, 2.05) is 0 Å². The van der Waals surface area contributed by atoms with Crippen molar-refractivity contribution in [2.75, 3.05) is 13.1 Å². The van der Waals surface area contributed by atoms with E-state index < -0.39 is 17.8 Å². The van der Waals surface area contributed by atoms with Crippen molar-refractivity contribution in [3.63, 3.8) is 0 Å². The maximum Gasteiger partial charge on any atom is 0.352 e. The Labute approximate surface area is 149 Å². The van der Waals surface area contributed by atoms with Crippen molar-refractivity contribution in [1.29, 1.82) is 0 Å². The van der Waals surface area contributed by atoms with E-state index in [9.17, 15) is 19.2 Å². The van der Waals surface area contributed by atoms with Crippen LogP contribution in [0.3, 0.4) is 0 Å². The van der Waals surface area contributed by atoms with E-state index in [1.54, 1.807) is 13.8 Å². The maximum absolute atomic E-state index is 11.5. The second-order valence-electron chi connectivity index (χ2n) is 3.81. The summed E-state index contributed by atoms with van der Waals surface area (Å²) in [5.41, 5.74) is 0. The van der Waals surface area contributed by atoms with Gasteiger partial charge in [-0.25, -0.2) is 4.79 Å². The van der Waals surface area contributed by atoms with Gasteiger partial charge in [-0.1, -0.05) is 51.5 Å². The number of nitrogens with zero attached hydrogens (tertiary/aromatic N) is 2. The minimum atomic E-state index is -0.790. The maximum atomic E-state index is 11.5. The normalized spacial score (nSPS) is 11.2. The molecule has 0 bridgehead atoms. The average Bonchev–Trinajstić information content (AvgIpc) is 2.66. The Morgan fingerprint density at radius 2 is 1.38 bits per heavy atom. The number of carbonyl (C=O) groups is 4. The first-order valence-electron chi connectivity index (χ1n) is 5.83. The first-order valence-corrected chi connectivity index (χ1v) is 5.83. The van der Waals surface area contributed by atoms with Crippen LogP contribution in [0.2, 0.25) is 0 Å². The predicted octanol–water partition coefficient (Wildman–Crippen LogP) is 3.67. The van der Waals surface area contributed by atoms with Gasteiger partial charge in [0.1, 0.15) is 6.54 Å². The van der Waals surface area contributed by atoms with Gasteiger partial charge in [0.05, 0.1) is 0 Å². The Bertz CT molecular complexity index is 367. The Balaban J connectivity index is -0.000000135. The van der Waals surface area contributed by atoms with Gasteiger partial charge >= 0.3 is 5.97 Å². The van der Waals surface area contributed by atoms with Gasteiger partial charge in [0.25, 0.3) is 11.8 Å². The van der Waals surface area contributed by atoms with Crippen molar-refractivity contribution in [3.8, 4) is 0 Å². The molecule has 0 saturated carbocycles. The number of hydroxylamine groups is 2. The molecule has 0 N–H and O–H groups in total. The van der Waals surface area contributed by atoms with Crippen LogP contribution in [0.4, 0.5) is 0 Å². The zero-order valence-corrected chi connectivity index (χ0v) is 10.5. The molecule has 3 amide bonds. The molecule has 0 aliphatic carbocycles. The minimum absolute atomic E-state index is 0. The molecule has 0 atom stereocenters. The molecule has 7 nitrogen and oxygen atoms in total. The molecule has 0 aromatic heterocycles. The Morgan fingerprint density at radius 1 is 0.958 bits per heavy atom. The van der Waals surface area contributed by atoms with Gasteiger partial charge in [-0.15, -0.1) is 5.06 Å². The van der Waals surface area contributed by atoms with Crippen LogP contribution in [-0.2, 0) is 24.0 Å². The van der Waals surface area contributed by atoms with Gasteiger partial charge in [-0.3, -0.25) is 14.4 Å². The summed E-state index contributed by atoms with van der Waals surface area (Å²) in [4.78, 5) is 51.3. The van der Waals surface area contributed by atoms with Crippen LogP contribution in [-0.4, -0.2) is 46.7 Å². The summed E-state index contributed by atoms with van der Waals surface area (Å²) in [7, 11) is 0. The van der Waals surface area contributed by atoms with Gasteiger partial charge in [-0.05, 0) is 6.92 Å². The lowest BCUT2D eigenvalue weighted by atomic mass is 10.4. The molecular formula is C17H40N2O5. The molecule has 24 heavy (non-hydrogen) atoms. The molecule has 0 aromatic carbocycles. The number of hydrogen-bond acceptors (Lipinski definition) is 5. The molecule has 0 radical (unpaired) electrons.